The maximum atomic E-state index is 12.6. The van der Waals surface area contributed by atoms with Crippen molar-refractivity contribution in [2.24, 2.45) is 0 Å². The number of halogens is 2. The first-order chi connectivity index (χ1) is 7.61. The molecule has 1 aromatic rings. The number of esters is 1. The number of ether oxygens (including phenoxy) is 1. The van der Waals surface area contributed by atoms with Gasteiger partial charge in [-0.2, -0.15) is 5.26 Å². The molecule has 0 unspecified atom stereocenters. The van der Waals surface area contributed by atoms with Gasteiger partial charge in [-0.15, -0.1) is 0 Å². The van der Waals surface area contributed by atoms with Gasteiger partial charge in [0, 0.05) is 12.4 Å². The average Bonchev–Trinajstić information content (AvgIpc) is 2.28. The second-order valence-corrected chi connectivity index (χ2v) is 2.78. The summed E-state index contributed by atoms with van der Waals surface area (Å²) in [6.07, 6.45) is -0.962. The van der Waals surface area contributed by atoms with Crippen LogP contribution in [0.1, 0.15) is 34.8 Å². The van der Waals surface area contributed by atoms with Gasteiger partial charge < -0.3 is 4.74 Å². The summed E-state index contributed by atoms with van der Waals surface area (Å²) in [5.41, 5.74) is -1.21. The van der Waals surface area contributed by atoms with Crippen molar-refractivity contribution in [2.45, 2.75) is 13.3 Å². The van der Waals surface area contributed by atoms with Gasteiger partial charge in [0.2, 0.25) is 0 Å². The van der Waals surface area contributed by atoms with Crippen LogP contribution in [0.5, 0.6) is 0 Å². The van der Waals surface area contributed by atoms with Crippen molar-refractivity contribution in [1.29, 1.82) is 5.26 Å². The third kappa shape index (κ3) is 2.31. The summed E-state index contributed by atoms with van der Waals surface area (Å²) in [5, 5.41) is 8.70. The van der Waals surface area contributed by atoms with Gasteiger partial charge >= 0.3 is 5.97 Å². The second kappa shape index (κ2) is 5.16. The van der Waals surface area contributed by atoms with Crippen LogP contribution in [0.25, 0.3) is 0 Å². The first-order valence-corrected chi connectivity index (χ1v) is 4.45. The van der Waals surface area contributed by atoms with Crippen LogP contribution in [-0.4, -0.2) is 17.6 Å². The number of hydrogen-bond donors (Lipinski definition) is 0. The molecular weight excluding hydrogens is 218 g/mol. The monoisotopic (exact) mass is 226 g/mol. The topological polar surface area (TPSA) is 63.0 Å². The van der Waals surface area contributed by atoms with E-state index in [9.17, 15) is 13.6 Å². The lowest BCUT2D eigenvalue weighted by molar-refractivity contribution is 0.0514. The molecule has 84 valence electrons. The van der Waals surface area contributed by atoms with Crippen molar-refractivity contribution >= 4 is 5.97 Å². The van der Waals surface area contributed by atoms with Crippen molar-refractivity contribution in [3.8, 4) is 6.07 Å². The lowest BCUT2D eigenvalue weighted by atomic mass is 10.1. The van der Waals surface area contributed by atoms with Gasteiger partial charge in [0.15, 0.2) is 0 Å². The van der Waals surface area contributed by atoms with Gasteiger partial charge in [0.05, 0.1) is 23.3 Å². The highest BCUT2D eigenvalue weighted by molar-refractivity contribution is 5.93. The van der Waals surface area contributed by atoms with E-state index in [4.69, 9.17) is 5.26 Å². The zero-order valence-electron chi connectivity index (χ0n) is 8.41. The Morgan fingerprint density at radius 3 is 2.81 bits per heavy atom. The van der Waals surface area contributed by atoms with Gasteiger partial charge in [0.1, 0.15) is 6.07 Å². The average molecular weight is 226 g/mol. The van der Waals surface area contributed by atoms with Gasteiger partial charge in [0.25, 0.3) is 6.43 Å². The Morgan fingerprint density at radius 1 is 1.62 bits per heavy atom. The molecule has 1 heterocycles. The van der Waals surface area contributed by atoms with Crippen molar-refractivity contribution in [2.75, 3.05) is 6.61 Å². The molecule has 0 aliphatic heterocycles. The fourth-order valence-electron chi connectivity index (χ4n) is 1.16. The van der Waals surface area contributed by atoms with E-state index in [1.54, 1.807) is 13.0 Å². The highest BCUT2D eigenvalue weighted by atomic mass is 19.3. The van der Waals surface area contributed by atoms with Crippen LogP contribution in [0, 0.1) is 11.3 Å². The minimum atomic E-state index is -2.87. The highest BCUT2D eigenvalue weighted by Crippen LogP contribution is 2.24. The predicted molar refractivity (Wildman–Crippen MR) is 49.9 cm³/mol. The summed E-state index contributed by atoms with van der Waals surface area (Å²) in [6.45, 7) is 1.60. The third-order valence-electron chi connectivity index (χ3n) is 1.81. The van der Waals surface area contributed by atoms with Crippen LogP contribution in [0.15, 0.2) is 12.4 Å². The minimum absolute atomic E-state index is 0.0503. The number of alkyl halides is 2. The van der Waals surface area contributed by atoms with E-state index in [1.165, 1.54) is 0 Å². The Bertz CT molecular complexity index is 441. The van der Waals surface area contributed by atoms with Crippen LogP contribution in [0.4, 0.5) is 8.78 Å². The smallest absolute Gasteiger partial charge is 0.340 e. The predicted octanol–water partition coefficient (Wildman–Crippen LogP) is 2.07. The summed E-state index contributed by atoms with van der Waals surface area (Å²) < 4.78 is 29.8. The van der Waals surface area contributed by atoms with E-state index in [1.807, 2.05) is 0 Å². The maximum Gasteiger partial charge on any atom is 0.340 e. The number of hydrogen-bond acceptors (Lipinski definition) is 4. The van der Waals surface area contributed by atoms with Gasteiger partial charge in [-0.3, -0.25) is 4.98 Å². The maximum absolute atomic E-state index is 12.6. The van der Waals surface area contributed by atoms with E-state index < -0.39 is 23.5 Å². The molecule has 0 fully saturated rings. The molecule has 0 saturated heterocycles. The Labute approximate surface area is 90.5 Å². The van der Waals surface area contributed by atoms with Crippen LogP contribution >= 0.6 is 0 Å². The zero-order valence-corrected chi connectivity index (χ0v) is 8.41. The number of nitrogens with zero attached hydrogens (tertiary/aromatic N) is 2. The molecule has 0 aliphatic carbocycles. The number of carbonyl (C=O) groups is 1. The van der Waals surface area contributed by atoms with Crippen LogP contribution < -0.4 is 0 Å². The second-order valence-electron chi connectivity index (χ2n) is 2.78. The van der Waals surface area contributed by atoms with Gasteiger partial charge in [-0.25, -0.2) is 13.6 Å². The summed E-state index contributed by atoms with van der Waals surface area (Å²) in [6, 6.07) is 1.63. The van der Waals surface area contributed by atoms with E-state index >= 15 is 0 Å². The van der Waals surface area contributed by atoms with E-state index in [2.05, 4.69) is 9.72 Å². The van der Waals surface area contributed by atoms with E-state index in [0.29, 0.717) is 0 Å². The largest absolute Gasteiger partial charge is 0.462 e. The molecule has 0 aliphatic rings. The summed E-state index contributed by atoms with van der Waals surface area (Å²) in [4.78, 5) is 14.9. The van der Waals surface area contributed by atoms with Gasteiger partial charge in [-0.1, -0.05) is 0 Å². The SMILES string of the molecule is CCOC(=O)c1c(C#N)cncc1C(F)F. The molecule has 6 heteroatoms. The molecule has 1 rings (SSSR count). The zero-order chi connectivity index (χ0) is 12.1. The van der Waals surface area contributed by atoms with Crippen LogP contribution in [0.2, 0.25) is 0 Å². The summed E-state index contributed by atoms with van der Waals surface area (Å²) >= 11 is 0. The van der Waals surface area contributed by atoms with Crippen molar-refractivity contribution < 1.29 is 18.3 Å². The number of rotatable bonds is 3. The van der Waals surface area contributed by atoms with E-state index in [0.717, 1.165) is 12.4 Å². The molecule has 0 aromatic carbocycles. The Balaban J connectivity index is 3.31. The molecule has 0 saturated carbocycles. The molecule has 0 amide bonds. The molecule has 16 heavy (non-hydrogen) atoms. The Hall–Kier alpha value is -2.03. The molecule has 0 radical (unpaired) electrons. The molecule has 4 nitrogen and oxygen atoms in total. The van der Waals surface area contributed by atoms with Crippen LogP contribution in [-0.2, 0) is 4.74 Å². The number of carbonyl (C=O) groups excluding carboxylic acids is 1. The lowest BCUT2D eigenvalue weighted by Gasteiger charge is -2.08. The lowest BCUT2D eigenvalue weighted by Crippen LogP contribution is -2.11. The minimum Gasteiger partial charge on any atom is -0.462 e. The summed E-state index contributed by atoms with van der Waals surface area (Å²) in [7, 11) is 0. The molecular formula is C10H8F2N2O2. The van der Waals surface area contributed by atoms with Crippen LogP contribution in [0.3, 0.4) is 0 Å². The summed E-state index contributed by atoms with van der Waals surface area (Å²) in [5.74, 6) is -0.934. The molecule has 1 aromatic heterocycles. The van der Waals surface area contributed by atoms with Crippen molar-refractivity contribution in [1.82, 2.24) is 4.98 Å². The number of aromatic nitrogens is 1. The molecule has 0 bridgehead atoms. The Kier molecular flexibility index (Phi) is 3.89. The number of nitriles is 1. The third-order valence-corrected chi connectivity index (χ3v) is 1.81. The highest BCUT2D eigenvalue weighted by Gasteiger charge is 2.23. The van der Waals surface area contributed by atoms with E-state index in [-0.39, 0.29) is 12.2 Å². The normalized spacial score (nSPS) is 9.94. The molecule has 0 atom stereocenters. The molecule has 0 spiro atoms. The Morgan fingerprint density at radius 2 is 2.31 bits per heavy atom. The standard InChI is InChI=1S/C10H8F2N2O2/c1-2-16-10(15)8-6(3-13)4-14-5-7(8)9(11)12/h4-5,9H,2H2,1H3. The number of pyridine rings is 1. The fraction of sp³-hybridized carbons (Fsp3) is 0.300. The molecule has 0 N–H and O–H groups in total. The first-order valence-electron chi connectivity index (χ1n) is 4.45. The fourth-order valence-corrected chi connectivity index (χ4v) is 1.16. The van der Waals surface area contributed by atoms with Crippen molar-refractivity contribution in [3.05, 3.63) is 29.1 Å². The van der Waals surface area contributed by atoms with Crippen molar-refractivity contribution in [3.63, 3.8) is 0 Å². The first kappa shape index (κ1) is 12.0. The van der Waals surface area contributed by atoms with Gasteiger partial charge in [-0.05, 0) is 6.92 Å². The quantitative estimate of drug-likeness (QED) is 0.740.